The maximum atomic E-state index is 12.8. The minimum Gasteiger partial charge on any atom is -0.352 e. The molecule has 1 aromatic carbocycles. The summed E-state index contributed by atoms with van der Waals surface area (Å²) in [5.74, 6) is 0.0857. The fourth-order valence-electron chi connectivity index (χ4n) is 1.50. The zero-order chi connectivity index (χ0) is 11.5. The highest BCUT2D eigenvalue weighted by molar-refractivity contribution is 14.1. The average Bonchev–Trinajstić information content (AvgIpc) is 2.14. The fourth-order valence-corrected chi connectivity index (χ4v) is 2.22. The molecular weight excluding hydrogens is 322 g/mol. The Bertz CT molecular complexity index is 407. The van der Waals surface area contributed by atoms with E-state index in [1.54, 1.807) is 0 Å². The van der Waals surface area contributed by atoms with Crippen molar-refractivity contribution in [1.82, 2.24) is 10.6 Å². The third kappa shape index (κ3) is 2.70. The molecule has 1 heterocycles. The van der Waals surface area contributed by atoms with Crippen LogP contribution in [0.2, 0.25) is 0 Å². The second-order valence-corrected chi connectivity index (χ2v) is 5.02. The summed E-state index contributed by atoms with van der Waals surface area (Å²) in [5, 5.41) is 6.00. The molecule has 2 rings (SSSR count). The van der Waals surface area contributed by atoms with Crippen molar-refractivity contribution >= 4 is 28.5 Å². The van der Waals surface area contributed by atoms with Crippen LogP contribution in [0.3, 0.4) is 0 Å². The monoisotopic (exact) mass is 334 g/mol. The van der Waals surface area contributed by atoms with E-state index >= 15 is 0 Å². The maximum Gasteiger partial charge on any atom is 0.252 e. The first kappa shape index (κ1) is 11.8. The summed E-state index contributed by atoms with van der Waals surface area (Å²) in [6.07, 6.45) is 0. The van der Waals surface area contributed by atoms with Crippen molar-refractivity contribution < 1.29 is 9.18 Å². The molecule has 0 saturated carbocycles. The number of hydrogen-bond acceptors (Lipinski definition) is 2. The van der Waals surface area contributed by atoms with Crippen LogP contribution in [-0.4, -0.2) is 25.5 Å². The summed E-state index contributed by atoms with van der Waals surface area (Å²) in [4.78, 5) is 11.8. The van der Waals surface area contributed by atoms with Crippen molar-refractivity contribution in [2.45, 2.75) is 0 Å². The molecule has 5 heteroatoms. The van der Waals surface area contributed by atoms with Crippen molar-refractivity contribution in [3.05, 3.63) is 33.1 Å². The molecule has 1 aliphatic heterocycles. The molecule has 1 fully saturated rings. The summed E-state index contributed by atoms with van der Waals surface area (Å²) in [7, 11) is 0. The Morgan fingerprint density at radius 1 is 1.56 bits per heavy atom. The van der Waals surface area contributed by atoms with Gasteiger partial charge in [-0.3, -0.25) is 4.79 Å². The predicted molar refractivity (Wildman–Crippen MR) is 67.8 cm³/mol. The van der Waals surface area contributed by atoms with Crippen molar-refractivity contribution in [1.29, 1.82) is 0 Å². The third-order valence-corrected chi connectivity index (χ3v) is 3.49. The Morgan fingerprint density at radius 3 is 2.88 bits per heavy atom. The molecule has 0 aromatic heterocycles. The Balaban J connectivity index is 1.96. The van der Waals surface area contributed by atoms with Gasteiger partial charge in [-0.2, -0.15) is 0 Å². The highest BCUT2D eigenvalue weighted by atomic mass is 127. The minimum atomic E-state index is -0.316. The van der Waals surface area contributed by atoms with Crippen LogP contribution in [0.5, 0.6) is 0 Å². The highest BCUT2D eigenvalue weighted by Crippen LogP contribution is 2.14. The van der Waals surface area contributed by atoms with E-state index in [4.69, 9.17) is 0 Å². The summed E-state index contributed by atoms with van der Waals surface area (Å²) in [5.41, 5.74) is 0.536. The molecule has 2 N–H and O–H groups in total. The van der Waals surface area contributed by atoms with Crippen LogP contribution in [0, 0.1) is 15.3 Å². The number of carbonyl (C=O) groups excluding carboxylic acids is 1. The molecule has 0 radical (unpaired) electrons. The molecule has 1 amide bonds. The van der Waals surface area contributed by atoms with Gasteiger partial charge in [-0.25, -0.2) is 4.39 Å². The van der Waals surface area contributed by atoms with Crippen molar-refractivity contribution in [2.75, 3.05) is 19.6 Å². The largest absolute Gasteiger partial charge is 0.352 e. The van der Waals surface area contributed by atoms with Gasteiger partial charge in [0.05, 0.1) is 5.56 Å². The van der Waals surface area contributed by atoms with Crippen LogP contribution < -0.4 is 10.6 Å². The van der Waals surface area contributed by atoms with Crippen LogP contribution in [0.1, 0.15) is 10.4 Å². The lowest BCUT2D eigenvalue weighted by molar-refractivity contribution is 0.0941. The van der Waals surface area contributed by atoms with Crippen LogP contribution in [-0.2, 0) is 0 Å². The van der Waals surface area contributed by atoms with Crippen LogP contribution in [0.15, 0.2) is 18.2 Å². The third-order valence-electron chi connectivity index (χ3n) is 2.59. The molecule has 1 aliphatic rings. The molecule has 0 bridgehead atoms. The fraction of sp³-hybridized carbons (Fsp3) is 0.364. The van der Waals surface area contributed by atoms with Gasteiger partial charge in [-0.15, -0.1) is 0 Å². The second-order valence-electron chi connectivity index (χ2n) is 3.86. The van der Waals surface area contributed by atoms with Gasteiger partial charge < -0.3 is 10.6 Å². The van der Waals surface area contributed by atoms with E-state index in [9.17, 15) is 9.18 Å². The zero-order valence-corrected chi connectivity index (χ0v) is 10.8. The Labute approximate surface area is 107 Å². The van der Waals surface area contributed by atoms with E-state index in [0.717, 1.165) is 13.1 Å². The standard InChI is InChI=1S/C11H12FIN2O/c12-8-1-2-9(10(13)3-8)11(16)15-6-7-4-14-5-7/h1-3,7,14H,4-6H2,(H,15,16). The Kier molecular flexibility index (Phi) is 3.75. The van der Waals surface area contributed by atoms with Gasteiger partial charge in [0.25, 0.3) is 5.91 Å². The lowest BCUT2D eigenvalue weighted by Crippen LogP contribution is -2.48. The normalized spacial score (nSPS) is 15.6. The van der Waals surface area contributed by atoms with E-state index in [1.807, 2.05) is 22.6 Å². The predicted octanol–water partition coefficient (Wildman–Crippen LogP) is 1.38. The van der Waals surface area contributed by atoms with Gasteiger partial charge in [0.15, 0.2) is 0 Å². The number of amides is 1. The number of hydrogen-bond donors (Lipinski definition) is 2. The van der Waals surface area contributed by atoms with Gasteiger partial charge in [-0.05, 0) is 40.8 Å². The topological polar surface area (TPSA) is 41.1 Å². The van der Waals surface area contributed by atoms with E-state index in [-0.39, 0.29) is 11.7 Å². The van der Waals surface area contributed by atoms with Crippen LogP contribution in [0.25, 0.3) is 0 Å². The van der Waals surface area contributed by atoms with Gasteiger partial charge in [0.2, 0.25) is 0 Å². The number of nitrogens with one attached hydrogen (secondary N) is 2. The van der Waals surface area contributed by atoms with Crippen LogP contribution in [0.4, 0.5) is 4.39 Å². The molecule has 0 atom stereocenters. The summed E-state index contributed by atoms with van der Waals surface area (Å²) in [6, 6.07) is 4.19. The molecule has 0 spiro atoms. The molecule has 1 aromatic rings. The summed E-state index contributed by atoms with van der Waals surface area (Å²) >= 11 is 1.97. The van der Waals surface area contributed by atoms with E-state index < -0.39 is 0 Å². The van der Waals surface area contributed by atoms with Gasteiger partial charge in [-0.1, -0.05) is 0 Å². The smallest absolute Gasteiger partial charge is 0.252 e. The van der Waals surface area contributed by atoms with Crippen molar-refractivity contribution in [3.63, 3.8) is 0 Å². The number of rotatable bonds is 3. The molecule has 0 aliphatic carbocycles. The van der Waals surface area contributed by atoms with E-state index in [2.05, 4.69) is 10.6 Å². The number of halogens is 2. The van der Waals surface area contributed by atoms with E-state index in [1.165, 1.54) is 18.2 Å². The summed E-state index contributed by atoms with van der Waals surface area (Å²) < 4.78 is 13.5. The zero-order valence-electron chi connectivity index (χ0n) is 8.59. The minimum absolute atomic E-state index is 0.128. The molecule has 1 saturated heterocycles. The maximum absolute atomic E-state index is 12.8. The Hall–Kier alpha value is -0.690. The first-order valence-corrected chi connectivity index (χ1v) is 6.18. The van der Waals surface area contributed by atoms with E-state index in [0.29, 0.717) is 21.6 Å². The number of benzene rings is 1. The SMILES string of the molecule is O=C(NCC1CNC1)c1ccc(F)cc1I. The first-order chi connectivity index (χ1) is 7.66. The van der Waals surface area contributed by atoms with Gasteiger partial charge in [0, 0.05) is 29.1 Å². The van der Waals surface area contributed by atoms with Crippen molar-refractivity contribution in [2.24, 2.45) is 5.92 Å². The lowest BCUT2D eigenvalue weighted by Gasteiger charge is -2.27. The van der Waals surface area contributed by atoms with Gasteiger partial charge >= 0.3 is 0 Å². The average molecular weight is 334 g/mol. The Morgan fingerprint density at radius 2 is 2.31 bits per heavy atom. The molecule has 0 unspecified atom stereocenters. The van der Waals surface area contributed by atoms with Crippen molar-refractivity contribution in [3.8, 4) is 0 Å². The lowest BCUT2D eigenvalue weighted by atomic mass is 10.0. The molecule has 3 nitrogen and oxygen atoms in total. The molecular formula is C11H12FIN2O. The van der Waals surface area contributed by atoms with Crippen LogP contribution >= 0.6 is 22.6 Å². The quantitative estimate of drug-likeness (QED) is 0.820. The highest BCUT2D eigenvalue weighted by Gasteiger charge is 2.18. The summed E-state index contributed by atoms with van der Waals surface area (Å²) in [6.45, 7) is 2.60. The second kappa shape index (κ2) is 5.09. The molecule has 16 heavy (non-hydrogen) atoms. The molecule has 86 valence electrons. The number of carbonyl (C=O) groups is 1. The first-order valence-electron chi connectivity index (χ1n) is 5.11. The van der Waals surface area contributed by atoms with Gasteiger partial charge in [0.1, 0.15) is 5.82 Å².